The molecule has 0 aliphatic rings. The van der Waals surface area contributed by atoms with Crippen molar-refractivity contribution in [3.8, 4) is 11.6 Å². The third-order valence-electron chi connectivity index (χ3n) is 2.09. The van der Waals surface area contributed by atoms with Crippen LogP contribution in [-0.4, -0.2) is 34.5 Å². The van der Waals surface area contributed by atoms with Crippen molar-refractivity contribution in [2.75, 3.05) is 13.2 Å². The molecule has 2 aromatic rings. The third-order valence-corrected chi connectivity index (χ3v) is 3.00. The number of thiazole rings is 1. The summed E-state index contributed by atoms with van der Waals surface area (Å²) >= 11 is 1.40. The van der Waals surface area contributed by atoms with Crippen LogP contribution in [0.15, 0.2) is 9.90 Å². The molecule has 0 bridgehead atoms. The van der Waals surface area contributed by atoms with E-state index < -0.39 is 12.8 Å². The van der Waals surface area contributed by atoms with Crippen molar-refractivity contribution in [3.63, 3.8) is 0 Å². The highest BCUT2D eigenvalue weighted by Gasteiger charge is 2.27. The largest absolute Gasteiger partial charge is 0.411 e. The van der Waals surface area contributed by atoms with Gasteiger partial charge in [-0.05, 0) is 6.54 Å². The number of aromatic nitrogens is 3. The van der Waals surface area contributed by atoms with E-state index in [4.69, 9.17) is 10.3 Å². The fraction of sp³-hybridized carbons (Fsp3) is 0.500. The lowest BCUT2D eigenvalue weighted by Crippen LogP contribution is -2.16. The minimum atomic E-state index is -4.38. The van der Waals surface area contributed by atoms with Crippen LogP contribution in [0.4, 0.5) is 13.2 Å². The Morgan fingerprint density at radius 2 is 2.15 bits per heavy atom. The van der Waals surface area contributed by atoms with Crippen molar-refractivity contribution < 1.29 is 22.4 Å². The molecular formula is C10H11F3N4O2S. The SMILES string of the molecule is NCCc1nc(-c2nc(COCC(F)(F)F)no2)cs1. The van der Waals surface area contributed by atoms with E-state index in [2.05, 4.69) is 19.9 Å². The summed E-state index contributed by atoms with van der Waals surface area (Å²) in [5.74, 6) is 0.188. The van der Waals surface area contributed by atoms with Crippen LogP contribution < -0.4 is 5.73 Å². The van der Waals surface area contributed by atoms with Gasteiger partial charge >= 0.3 is 6.18 Å². The molecule has 0 unspecified atom stereocenters. The zero-order chi connectivity index (χ0) is 14.6. The number of nitrogens with zero attached hydrogens (tertiary/aromatic N) is 3. The second-order valence-electron chi connectivity index (χ2n) is 3.79. The number of hydrogen-bond donors (Lipinski definition) is 1. The average Bonchev–Trinajstić information content (AvgIpc) is 2.96. The maximum absolute atomic E-state index is 11.9. The minimum absolute atomic E-state index is 0.0395. The second-order valence-corrected chi connectivity index (χ2v) is 4.73. The van der Waals surface area contributed by atoms with Gasteiger partial charge in [0.05, 0.1) is 5.01 Å². The van der Waals surface area contributed by atoms with Gasteiger partial charge < -0.3 is 15.0 Å². The first-order valence-corrected chi connectivity index (χ1v) is 6.48. The molecule has 2 rings (SSSR count). The van der Waals surface area contributed by atoms with Crippen LogP contribution in [0, 0.1) is 0 Å². The van der Waals surface area contributed by atoms with Crippen molar-refractivity contribution in [2.45, 2.75) is 19.2 Å². The molecule has 0 atom stereocenters. The maximum Gasteiger partial charge on any atom is 0.411 e. The summed E-state index contributed by atoms with van der Waals surface area (Å²) < 4.78 is 45.0. The quantitative estimate of drug-likeness (QED) is 0.875. The molecule has 20 heavy (non-hydrogen) atoms. The van der Waals surface area contributed by atoms with Crippen molar-refractivity contribution in [1.29, 1.82) is 0 Å². The highest BCUT2D eigenvalue weighted by Crippen LogP contribution is 2.21. The third kappa shape index (κ3) is 4.25. The highest BCUT2D eigenvalue weighted by atomic mass is 32.1. The predicted octanol–water partition coefficient (Wildman–Crippen LogP) is 1.77. The van der Waals surface area contributed by atoms with Crippen LogP contribution in [0.2, 0.25) is 0 Å². The molecule has 0 saturated heterocycles. The number of halogens is 3. The van der Waals surface area contributed by atoms with Gasteiger partial charge in [-0.15, -0.1) is 11.3 Å². The molecule has 2 N–H and O–H groups in total. The molecule has 10 heteroatoms. The van der Waals surface area contributed by atoms with Crippen LogP contribution in [0.3, 0.4) is 0 Å². The summed E-state index contributed by atoms with van der Waals surface area (Å²) in [7, 11) is 0. The smallest absolute Gasteiger partial charge is 0.364 e. The van der Waals surface area contributed by atoms with E-state index in [0.717, 1.165) is 5.01 Å². The fourth-order valence-corrected chi connectivity index (χ4v) is 2.11. The van der Waals surface area contributed by atoms with Gasteiger partial charge in [-0.2, -0.15) is 18.2 Å². The van der Waals surface area contributed by atoms with Crippen molar-refractivity contribution in [3.05, 3.63) is 16.2 Å². The molecule has 2 heterocycles. The molecule has 0 aliphatic carbocycles. The van der Waals surface area contributed by atoms with Crippen molar-refractivity contribution in [1.82, 2.24) is 15.1 Å². The zero-order valence-electron chi connectivity index (χ0n) is 10.2. The summed E-state index contributed by atoms with van der Waals surface area (Å²) in [6.45, 7) is -1.25. The Bertz CT molecular complexity index is 555. The molecule has 0 spiro atoms. The van der Waals surface area contributed by atoms with Gasteiger partial charge in [0, 0.05) is 11.8 Å². The number of rotatable bonds is 6. The van der Waals surface area contributed by atoms with Gasteiger partial charge in [0.15, 0.2) is 5.82 Å². The normalized spacial score (nSPS) is 12.0. The summed E-state index contributed by atoms with van der Waals surface area (Å²) in [4.78, 5) is 8.14. The minimum Gasteiger partial charge on any atom is -0.364 e. The molecule has 0 radical (unpaired) electrons. The standard InChI is InChI=1S/C10H11F3N4O2S/c11-10(12,13)5-18-3-7-16-9(19-17-7)6-4-20-8(15-6)1-2-14/h4H,1-3,5,14H2. The Hall–Kier alpha value is -1.52. The number of hydrogen-bond acceptors (Lipinski definition) is 7. The maximum atomic E-state index is 11.9. The van der Waals surface area contributed by atoms with E-state index >= 15 is 0 Å². The Labute approximate surface area is 115 Å². The molecule has 0 amide bonds. The number of alkyl halides is 3. The first-order chi connectivity index (χ1) is 9.48. The Kier molecular flexibility index (Phi) is 4.68. The van der Waals surface area contributed by atoms with Gasteiger partial charge in [0.1, 0.15) is 18.9 Å². The fourth-order valence-electron chi connectivity index (χ4n) is 1.32. The molecule has 6 nitrogen and oxygen atoms in total. The Morgan fingerprint density at radius 3 is 2.85 bits per heavy atom. The molecule has 0 fully saturated rings. The zero-order valence-corrected chi connectivity index (χ0v) is 11.0. The van der Waals surface area contributed by atoms with Crippen molar-refractivity contribution in [2.24, 2.45) is 5.73 Å². The summed E-state index contributed by atoms with van der Waals surface area (Å²) in [6, 6.07) is 0. The second kappa shape index (κ2) is 6.29. The first-order valence-electron chi connectivity index (χ1n) is 5.60. The highest BCUT2D eigenvalue weighted by molar-refractivity contribution is 7.09. The Balaban J connectivity index is 1.94. The van der Waals surface area contributed by atoms with E-state index in [9.17, 15) is 13.2 Å². The van der Waals surface area contributed by atoms with E-state index in [-0.39, 0.29) is 18.3 Å². The molecule has 2 aromatic heterocycles. The number of nitrogens with two attached hydrogens (primary N) is 1. The van der Waals surface area contributed by atoms with Gasteiger partial charge in [0.25, 0.3) is 5.89 Å². The number of ether oxygens (including phenoxy) is 1. The molecule has 110 valence electrons. The van der Waals surface area contributed by atoms with E-state index in [1.807, 2.05) is 0 Å². The van der Waals surface area contributed by atoms with E-state index in [1.54, 1.807) is 5.38 Å². The van der Waals surface area contributed by atoms with Gasteiger partial charge in [0.2, 0.25) is 0 Å². The summed E-state index contributed by atoms with van der Waals surface area (Å²) in [6.07, 6.45) is -3.74. The summed E-state index contributed by atoms with van der Waals surface area (Å²) in [5, 5.41) is 6.08. The van der Waals surface area contributed by atoms with Gasteiger partial charge in [-0.25, -0.2) is 4.98 Å². The molecule has 0 aliphatic heterocycles. The topological polar surface area (TPSA) is 87.1 Å². The van der Waals surface area contributed by atoms with Gasteiger partial charge in [-0.3, -0.25) is 0 Å². The van der Waals surface area contributed by atoms with Crippen LogP contribution in [0.5, 0.6) is 0 Å². The van der Waals surface area contributed by atoms with Crippen LogP contribution in [-0.2, 0) is 17.8 Å². The van der Waals surface area contributed by atoms with Crippen molar-refractivity contribution >= 4 is 11.3 Å². The summed E-state index contributed by atoms with van der Waals surface area (Å²) in [5.41, 5.74) is 5.89. The van der Waals surface area contributed by atoms with Crippen LogP contribution in [0.1, 0.15) is 10.8 Å². The molecule has 0 aromatic carbocycles. The lowest BCUT2D eigenvalue weighted by Gasteiger charge is -2.04. The van der Waals surface area contributed by atoms with Gasteiger partial charge in [-0.1, -0.05) is 5.16 Å². The predicted molar refractivity (Wildman–Crippen MR) is 63.9 cm³/mol. The van der Waals surface area contributed by atoms with E-state index in [1.165, 1.54) is 11.3 Å². The molecular weight excluding hydrogens is 297 g/mol. The molecule has 0 saturated carbocycles. The van der Waals surface area contributed by atoms with Crippen LogP contribution >= 0.6 is 11.3 Å². The van der Waals surface area contributed by atoms with Crippen LogP contribution in [0.25, 0.3) is 11.6 Å². The Morgan fingerprint density at radius 1 is 1.35 bits per heavy atom. The first kappa shape index (κ1) is 14.9. The van der Waals surface area contributed by atoms with E-state index in [0.29, 0.717) is 18.7 Å². The monoisotopic (exact) mass is 308 g/mol. The lowest BCUT2D eigenvalue weighted by molar-refractivity contribution is -0.177. The average molecular weight is 308 g/mol. The lowest BCUT2D eigenvalue weighted by atomic mass is 10.4.